The van der Waals surface area contributed by atoms with E-state index in [1.807, 2.05) is 6.07 Å². The lowest BCUT2D eigenvalue weighted by atomic mass is 10.2. The monoisotopic (exact) mass is 370 g/mol. The van der Waals surface area contributed by atoms with E-state index in [4.69, 9.17) is 51.0 Å². The Morgan fingerprint density at radius 1 is 1.04 bits per heavy atom. The number of guanidine groups is 1. The highest BCUT2D eigenvalue weighted by Crippen LogP contribution is 2.30. The Balaban J connectivity index is 2.16. The van der Waals surface area contributed by atoms with Crippen LogP contribution in [0.3, 0.4) is 0 Å². The topological polar surface area (TPSA) is 86.0 Å². The molecule has 0 aliphatic carbocycles. The first kappa shape index (κ1) is 17.4. The van der Waals surface area contributed by atoms with Crippen LogP contribution in [0.15, 0.2) is 46.6 Å². The SMILES string of the molecule is NC(N)=NN=Cc1cccc(OCc2cccc(Cl)c2Cl)c1Cl. The van der Waals surface area contributed by atoms with Crippen molar-refractivity contribution < 1.29 is 4.74 Å². The van der Waals surface area contributed by atoms with E-state index in [-0.39, 0.29) is 12.6 Å². The van der Waals surface area contributed by atoms with Gasteiger partial charge in [0.25, 0.3) is 0 Å². The quantitative estimate of drug-likeness (QED) is 0.476. The summed E-state index contributed by atoms with van der Waals surface area (Å²) in [7, 11) is 0. The van der Waals surface area contributed by atoms with Crippen molar-refractivity contribution in [1.29, 1.82) is 0 Å². The van der Waals surface area contributed by atoms with E-state index in [2.05, 4.69) is 10.2 Å². The summed E-state index contributed by atoms with van der Waals surface area (Å²) in [6, 6.07) is 10.6. The van der Waals surface area contributed by atoms with Crippen molar-refractivity contribution in [1.82, 2.24) is 0 Å². The largest absolute Gasteiger partial charge is 0.487 e. The molecule has 0 bridgehead atoms. The summed E-state index contributed by atoms with van der Waals surface area (Å²) >= 11 is 18.4. The molecule has 0 aliphatic rings. The van der Waals surface area contributed by atoms with Crippen LogP contribution < -0.4 is 16.2 Å². The lowest BCUT2D eigenvalue weighted by molar-refractivity contribution is 0.306. The van der Waals surface area contributed by atoms with Crippen LogP contribution in [0.1, 0.15) is 11.1 Å². The predicted molar refractivity (Wildman–Crippen MR) is 95.6 cm³/mol. The highest BCUT2D eigenvalue weighted by molar-refractivity contribution is 6.42. The molecule has 8 heteroatoms. The van der Waals surface area contributed by atoms with Gasteiger partial charge >= 0.3 is 0 Å². The van der Waals surface area contributed by atoms with Gasteiger partial charge < -0.3 is 16.2 Å². The molecule has 0 spiro atoms. The van der Waals surface area contributed by atoms with Crippen molar-refractivity contribution in [3.05, 3.63) is 62.6 Å². The van der Waals surface area contributed by atoms with Gasteiger partial charge in [0.2, 0.25) is 5.96 Å². The summed E-state index contributed by atoms with van der Waals surface area (Å²) < 4.78 is 5.70. The summed E-state index contributed by atoms with van der Waals surface area (Å²) in [4.78, 5) is 0. The second-order valence-corrected chi connectivity index (χ2v) is 5.59. The van der Waals surface area contributed by atoms with E-state index in [0.29, 0.717) is 26.4 Å². The summed E-state index contributed by atoms with van der Waals surface area (Å²) in [5.41, 5.74) is 11.8. The number of ether oxygens (including phenoxy) is 1. The number of hydrogen-bond acceptors (Lipinski definition) is 3. The first-order valence-corrected chi connectivity index (χ1v) is 7.58. The van der Waals surface area contributed by atoms with Gasteiger partial charge in [-0.1, -0.05) is 59.1 Å². The molecule has 0 saturated carbocycles. The lowest BCUT2D eigenvalue weighted by Crippen LogP contribution is -2.21. The molecule has 0 radical (unpaired) electrons. The zero-order chi connectivity index (χ0) is 16.8. The summed E-state index contributed by atoms with van der Waals surface area (Å²) in [6.07, 6.45) is 1.43. The number of nitrogens with two attached hydrogens (primary N) is 2. The zero-order valence-corrected chi connectivity index (χ0v) is 14.1. The van der Waals surface area contributed by atoms with Crippen LogP contribution in [0.4, 0.5) is 0 Å². The van der Waals surface area contributed by atoms with Gasteiger partial charge in [-0.05, 0) is 12.1 Å². The Kier molecular flexibility index (Phi) is 6.10. The molecule has 2 rings (SSSR count). The minimum atomic E-state index is -0.139. The highest BCUT2D eigenvalue weighted by Gasteiger charge is 2.09. The minimum absolute atomic E-state index is 0.139. The van der Waals surface area contributed by atoms with Crippen LogP contribution >= 0.6 is 34.8 Å². The normalized spacial score (nSPS) is 10.7. The van der Waals surface area contributed by atoms with Crippen LogP contribution in [0.25, 0.3) is 0 Å². The van der Waals surface area contributed by atoms with Gasteiger partial charge in [-0.3, -0.25) is 0 Å². The molecule has 5 nitrogen and oxygen atoms in total. The first-order chi connectivity index (χ1) is 11.0. The molecule has 4 N–H and O–H groups in total. The number of nitrogens with zero attached hydrogens (tertiary/aromatic N) is 2. The van der Waals surface area contributed by atoms with Gasteiger partial charge in [-0.25, -0.2) is 0 Å². The third-order valence-corrected chi connectivity index (χ3v) is 4.04. The average molecular weight is 372 g/mol. The molecule has 0 unspecified atom stereocenters. The Morgan fingerprint density at radius 2 is 1.78 bits per heavy atom. The summed E-state index contributed by atoms with van der Waals surface area (Å²) in [5, 5.41) is 8.55. The maximum Gasteiger partial charge on any atom is 0.211 e. The maximum absolute atomic E-state index is 6.28. The van der Waals surface area contributed by atoms with Crippen LogP contribution in [-0.2, 0) is 6.61 Å². The molecule has 0 amide bonds. The van der Waals surface area contributed by atoms with Crippen molar-refractivity contribution in [3.63, 3.8) is 0 Å². The maximum atomic E-state index is 6.28. The molecule has 0 aromatic heterocycles. The molecule has 23 heavy (non-hydrogen) atoms. The molecule has 0 fully saturated rings. The molecule has 0 saturated heterocycles. The van der Waals surface area contributed by atoms with Crippen LogP contribution in [0.2, 0.25) is 15.1 Å². The van der Waals surface area contributed by atoms with Crippen LogP contribution in [0.5, 0.6) is 5.75 Å². The fourth-order valence-corrected chi connectivity index (χ4v) is 2.32. The third kappa shape index (κ3) is 4.76. The highest BCUT2D eigenvalue weighted by atomic mass is 35.5. The Labute approximate surface area is 148 Å². The van der Waals surface area contributed by atoms with Crippen LogP contribution in [0, 0.1) is 0 Å². The fourth-order valence-electron chi connectivity index (χ4n) is 1.71. The Hall–Kier alpha value is -1.95. The van der Waals surface area contributed by atoms with Gasteiger partial charge in [0.05, 0.1) is 21.3 Å². The molecular formula is C15H13Cl3N4O. The van der Waals surface area contributed by atoms with Crippen LogP contribution in [-0.4, -0.2) is 12.2 Å². The molecule has 0 atom stereocenters. The molecule has 2 aromatic carbocycles. The van der Waals surface area contributed by atoms with E-state index in [1.54, 1.807) is 30.3 Å². The van der Waals surface area contributed by atoms with E-state index in [9.17, 15) is 0 Å². The number of rotatable bonds is 5. The van der Waals surface area contributed by atoms with E-state index in [0.717, 1.165) is 5.56 Å². The van der Waals surface area contributed by atoms with Gasteiger partial charge in [0.15, 0.2) is 0 Å². The first-order valence-electron chi connectivity index (χ1n) is 6.45. The molecule has 0 heterocycles. The summed E-state index contributed by atoms with van der Waals surface area (Å²) in [5.74, 6) is 0.344. The van der Waals surface area contributed by atoms with Crippen molar-refractivity contribution in [2.24, 2.45) is 21.7 Å². The number of halogens is 3. The molecular weight excluding hydrogens is 359 g/mol. The average Bonchev–Trinajstić information content (AvgIpc) is 2.51. The van der Waals surface area contributed by atoms with Gasteiger partial charge in [0, 0.05) is 11.1 Å². The lowest BCUT2D eigenvalue weighted by Gasteiger charge is -2.11. The second kappa shape index (κ2) is 8.06. The third-order valence-electron chi connectivity index (χ3n) is 2.78. The summed E-state index contributed by atoms with van der Waals surface area (Å²) in [6.45, 7) is 0.230. The number of benzene rings is 2. The van der Waals surface area contributed by atoms with Gasteiger partial charge in [-0.2, -0.15) is 5.10 Å². The Bertz CT molecular complexity index is 758. The van der Waals surface area contributed by atoms with Crippen molar-refractivity contribution in [3.8, 4) is 5.75 Å². The smallest absolute Gasteiger partial charge is 0.211 e. The molecule has 0 aliphatic heterocycles. The molecule has 2 aromatic rings. The van der Waals surface area contributed by atoms with Crippen molar-refractivity contribution in [2.45, 2.75) is 6.61 Å². The van der Waals surface area contributed by atoms with Gasteiger partial charge in [0.1, 0.15) is 12.4 Å². The van der Waals surface area contributed by atoms with Crippen molar-refractivity contribution in [2.75, 3.05) is 0 Å². The van der Waals surface area contributed by atoms with Crippen molar-refractivity contribution >= 4 is 47.0 Å². The fraction of sp³-hybridized carbons (Fsp3) is 0.0667. The second-order valence-electron chi connectivity index (χ2n) is 4.43. The Morgan fingerprint density at radius 3 is 2.52 bits per heavy atom. The zero-order valence-electron chi connectivity index (χ0n) is 11.8. The van der Waals surface area contributed by atoms with E-state index < -0.39 is 0 Å². The van der Waals surface area contributed by atoms with Gasteiger partial charge in [-0.15, -0.1) is 5.10 Å². The van der Waals surface area contributed by atoms with E-state index >= 15 is 0 Å². The van der Waals surface area contributed by atoms with E-state index in [1.165, 1.54) is 6.21 Å². The standard InChI is InChI=1S/C15H13Cl3N4O/c16-11-5-1-4-10(13(11)17)8-23-12-6-2-3-9(14(12)18)7-21-22-15(19)20/h1-7H,8H2,(H4,19,20,22). The molecule has 120 valence electrons. The number of hydrogen-bond donors (Lipinski definition) is 2. The minimum Gasteiger partial charge on any atom is -0.487 e. The predicted octanol–water partition coefficient (Wildman–Crippen LogP) is 3.83.